The van der Waals surface area contributed by atoms with Gasteiger partial charge in [-0.15, -0.1) is 22.7 Å². The van der Waals surface area contributed by atoms with Crippen LogP contribution in [0.5, 0.6) is 0 Å². The van der Waals surface area contributed by atoms with Gasteiger partial charge >= 0.3 is 5.97 Å². The van der Waals surface area contributed by atoms with E-state index in [0.29, 0.717) is 22.0 Å². The zero-order chi connectivity index (χ0) is 19.6. The fourth-order valence-corrected chi connectivity index (χ4v) is 5.34. The van der Waals surface area contributed by atoms with Crippen LogP contribution in [0.3, 0.4) is 0 Å². The number of ether oxygens (including phenoxy) is 1. The van der Waals surface area contributed by atoms with Gasteiger partial charge in [-0.1, -0.05) is 6.92 Å². The largest absolute Gasteiger partial charge is 0.465 e. The lowest BCUT2D eigenvalue weighted by molar-refractivity contribution is 0.0600. The van der Waals surface area contributed by atoms with E-state index in [0.717, 1.165) is 29.7 Å². The molecule has 2 heterocycles. The van der Waals surface area contributed by atoms with Crippen molar-refractivity contribution in [3.8, 4) is 0 Å². The summed E-state index contributed by atoms with van der Waals surface area (Å²) in [6, 6.07) is 1.81. The minimum absolute atomic E-state index is 0.215. The summed E-state index contributed by atoms with van der Waals surface area (Å²) in [5, 5.41) is 5.69. The number of carbonyl (C=O) groups excluding carboxylic acids is 2. The summed E-state index contributed by atoms with van der Waals surface area (Å²) in [5.41, 5.74) is 7.43. The van der Waals surface area contributed by atoms with Crippen LogP contribution in [0, 0.1) is 12.8 Å². The molecule has 27 heavy (non-hydrogen) atoms. The van der Waals surface area contributed by atoms with Gasteiger partial charge in [-0.3, -0.25) is 15.6 Å². The Morgan fingerprint density at radius 3 is 2.78 bits per heavy atom. The van der Waals surface area contributed by atoms with Crippen molar-refractivity contribution < 1.29 is 14.3 Å². The quantitative estimate of drug-likeness (QED) is 0.397. The molecule has 0 saturated carbocycles. The van der Waals surface area contributed by atoms with Crippen molar-refractivity contribution in [2.24, 2.45) is 5.92 Å². The van der Waals surface area contributed by atoms with E-state index in [1.807, 2.05) is 13.0 Å². The minimum atomic E-state index is -0.370. The number of aryl methyl sites for hydroxylation is 1. The second-order valence-corrected chi connectivity index (χ2v) is 9.16. The Labute approximate surface area is 171 Å². The van der Waals surface area contributed by atoms with E-state index in [-0.39, 0.29) is 17.0 Å². The Balaban J connectivity index is 1.70. The molecule has 0 fully saturated rings. The lowest BCUT2D eigenvalue weighted by Crippen LogP contribution is -2.43. The minimum Gasteiger partial charge on any atom is -0.465 e. The van der Waals surface area contributed by atoms with Crippen molar-refractivity contribution in [3.05, 3.63) is 37.9 Å². The van der Waals surface area contributed by atoms with Gasteiger partial charge < -0.3 is 10.1 Å². The molecule has 144 valence electrons. The lowest BCUT2D eigenvalue weighted by atomic mass is 9.88. The predicted octanol–water partition coefficient (Wildman–Crippen LogP) is 3.66. The number of rotatable bonds is 3. The number of carbonyl (C=O) groups is 2. The highest BCUT2D eigenvalue weighted by atomic mass is 32.1. The average molecular weight is 424 g/mol. The van der Waals surface area contributed by atoms with Crippen molar-refractivity contribution in [1.82, 2.24) is 10.9 Å². The van der Waals surface area contributed by atoms with Gasteiger partial charge in [0, 0.05) is 15.1 Å². The van der Waals surface area contributed by atoms with Gasteiger partial charge in [0.15, 0.2) is 5.11 Å². The third kappa shape index (κ3) is 4.48. The predicted molar refractivity (Wildman–Crippen MR) is 113 cm³/mol. The summed E-state index contributed by atoms with van der Waals surface area (Å²) in [5.74, 6) is -0.0472. The Bertz CT molecular complexity index is 888. The molecule has 6 nitrogen and oxygen atoms in total. The van der Waals surface area contributed by atoms with Gasteiger partial charge in [0.2, 0.25) is 0 Å². The Kier molecular flexibility index (Phi) is 6.13. The molecule has 2 aromatic heterocycles. The van der Waals surface area contributed by atoms with Crippen LogP contribution in [0.2, 0.25) is 0 Å². The topological polar surface area (TPSA) is 79.5 Å². The van der Waals surface area contributed by atoms with Crippen LogP contribution >= 0.6 is 34.9 Å². The molecule has 0 spiro atoms. The molecule has 1 aliphatic rings. The van der Waals surface area contributed by atoms with E-state index in [2.05, 4.69) is 23.1 Å². The highest BCUT2D eigenvalue weighted by Crippen LogP contribution is 2.39. The van der Waals surface area contributed by atoms with Gasteiger partial charge in [-0.05, 0) is 56.0 Å². The number of esters is 1. The number of anilines is 1. The van der Waals surface area contributed by atoms with E-state index >= 15 is 0 Å². The maximum absolute atomic E-state index is 12.3. The summed E-state index contributed by atoms with van der Waals surface area (Å²) in [6.07, 6.45) is 2.85. The Hall–Kier alpha value is -1.97. The standard InChI is InChI=1S/C18H21N3O3S3/c1-9-4-5-12-13(6-9)27-16(14(12)17(23)24-3)19-18(25)21-20-15(22)11-7-10(2)26-8-11/h7-9H,4-6H2,1-3H3,(H,20,22)(H2,19,21,25). The van der Waals surface area contributed by atoms with E-state index < -0.39 is 0 Å². The molecular formula is C18H21N3O3S3. The third-order valence-corrected chi connectivity index (χ3v) is 6.65. The van der Waals surface area contributed by atoms with Crippen LogP contribution in [-0.2, 0) is 17.6 Å². The number of thiocarbonyl (C=S) groups is 1. The van der Waals surface area contributed by atoms with Crippen LogP contribution in [0.25, 0.3) is 0 Å². The van der Waals surface area contributed by atoms with Gasteiger partial charge in [-0.25, -0.2) is 4.79 Å². The highest BCUT2D eigenvalue weighted by Gasteiger charge is 2.28. The number of nitrogens with one attached hydrogen (secondary N) is 3. The Morgan fingerprint density at radius 1 is 1.33 bits per heavy atom. The molecule has 0 bridgehead atoms. The first-order chi connectivity index (χ1) is 12.9. The van der Waals surface area contributed by atoms with Crippen molar-refractivity contribution in [2.75, 3.05) is 12.4 Å². The van der Waals surface area contributed by atoms with E-state index in [1.54, 1.807) is 5.38 Å². The fraction of sp³-hybridized carbons (Fsp3) is 0.389. The smallest absolute Gasteiger partial charge is 0.341 e. The summed E-state index contributed by atoms with van der Waals surface area (Å²) >= 11 is 8.30. The number of hydrogen-bond acceptors (Lipinski definition) is 6. The van der Waals surface area contributed by atoms with E-state index in [9.17, 15) is 9.59 Å². The molecule has 0 aliphatic heterocycles. The van der Waals surface area contributed by atoms with Gasteiger partial charge in [-0.2, -0.15) is 0 Å². The third-order valence-electron chi connectivity index (χ3n) is 4.41. The molecule has 3 N–H and O–H groups in total. The van der Waals surface area contributed by atoms with Crippen LogP contribution in [0.1, 0.15) is 49.4 Å². The van der Waals surface area contributed by atoms with Crippen molar-refractivity contribution in [3.63, 3.8) is 0 Å². The molecule has 9 heteroatoms. The number of amides is 1. The molecule has 1 atom stereocenters. The second-order valence-electron chi connectivity index (χ2n) is 6.53. The van der Waals surface area contributed by atoms with Crippen LogP contribution in [0.4, 0.5) is 5.00 Å². The van der Waals surface area contributed by atoms with Gasteiger partial charge in [0.25, 0.3) is 5.91 Å². The zero-order valence-corrected chi connectivity index (χ0v) is 17.8. The molecule has 1 aliphatic carbocycles. The molecule has 3 rings (SSSR count). The number of hydrogen-bond donors (Lipinski definition) is 3. The molecular weight excluding hydrogens is 402 g/mol. The van der Waals surface area contributed by atoms with Crippen LogP contribution in [0.15, 0.2) is 11.4 Å². The SMILES string of the molecule is COC(=O)c1c(NC(=S)NNC(=O)c2csc(C)c2)sc2c1CCC(C)C2. The maximum atomic E-state index is 12.3. The van der Waals surface area contributed by atoms with Crippen LogP contribution in [-0.4, -0.2) is 24.1 Å². The summed E-state index contributed by atoms with van der Waals surface area (Å²) in [6.45, 7) is 4.15. The van der Waals surface area contributed by atoms with Crippen LogP contribution < -0.4 is 16.2 Å². The first-order valence-electron chi connectivity index (χ1n) is 8.54. The lowest BCUT2D eigenvalue weighted by Gasteiger charge is -2.18. The van der Waals surface area contributed by atoms with E-state index in [4.69, 9.17) is 17.0 Å². The molecule has 1 amide bonds. The Morgan fingerprint density at radius 2 is 2.11 bits per heavy atom. The zero-order valence-electron chi connectivity index (χ0n) is 15.3. The highest BCUT2D eigenvalue weighted by molar-refractivity contribution is 7.80. The molecule has 0 aromatic carbocycles. The number of thiophene rings is 2. The number of methoxy groups -OCH3 is 1. The summed E-state index contributed by atoms with van der Waals surface area (Å²) < 4.78 is 4.96. The van der Waals surface area contributed by atoms with Crippen molar-refractivity contribution >= 4 is 56.9 Å². The first-order valence-corrected chi connectivity index (χ1v) is 10.6. The number of fused-ring (bicyclic) bond motifs is 1. The molecule has 0 radical (unpaired) electrons. The van der Waals surface area contributed by atoms with Crippen molar-refractivity contribution in [2.45, 2.75) is 33.1 Å². The second kappa shape index (κ2) is 8.37. The van der Waals surface area contributed by atoms with Gasteiger partial charge in [0.1, 0.15) is 5.00 Å². The summed E-state index contributed by atoms with van der Waals surface area (Å²) in [7, 11) is 1.38. The fourth-order valence-electron chi connectivity index (χ4n) is 3.04. The normalized spacial score (nSPS) is 15.6. The first kappa shape index (κ1) is 19.8. The molecule has 2 aromatic rings. The average Bonchev–Trinajstić information content (AvgIpc) is 3.22. The molecule has 1 unspecified atom stereocenters. The number of hydrazine groups is 1. The maximum Gasteiger partial charge on any atom is 0.341 e. The van der Waals surface area contributed by atoms with Gasteiger partial charge in [0.05, 0.1) is 18.2 Å². The summed E-state index contributed by atoms with van der Waals surface area (Å²) in [4.78, 5) is 26.7. The monoisotopic (exact) mass is 423 g/mol. The molecule has 0 saturated heterocycles. The van der Waals surface area contributed by atoms with E-state index in [1.165, 1.54) is 34.7 Å². The van der Waals surface area contributed by atoms with Crippen molar-refractivity contribution in [1.29, 1.82) is 0 Å².